The Morgan fingerprint density at radius 2 is 1.89 bits per heavy atom. The lowest BCUT2D eigenvalue weighted by Crippen LogP contribution is -2.48. The van der Waals surface area contributed by atoms with Crippen LogP contribution in [-0.4, -0.2) is 57.2 Å². The normalized spacial score (nSPS) is 14.2. The number of hydrogen-bond acceptors (Lipinski definition) is 6. The van der Waals surface area contributed by atoms with Gasteiger partial charge in [-0.2, -0.15) is 5.26 Å². The van der Waals surface area contributed by atoms with Gasteiger partial charge in [0.1, 0.15) is 11.8 Å². The van der Waals surface area contributed by atoms with Crippen LogP contribution in [0.25, 0.3) is 22.2 Å². The highest BCUT2D eigenvalue weighted by Crippen LogP contribution is 2.24. The Kier molecular flexibility index (Phi) is 4.26. The summed E-state index contributed by atoms with van der Waals surface area (Å²) < 4.78 is 0. The highest BCUT2D eigenvalue weighted by atomic mass is 16.4. The van der Waals surface area contributed by atoms with E-state index in [4.69, 9.17) is 5.11 Å². The van der Waals surface area contributed by atoms with Crippen molar-refractivity contribution in [2.75, 3.05) is 31.1 Å². The average Bonchev–Trinajstić information content (AvgIpc) is 2.73. The predicted molar refractivity (Wildman–Crippen MR) is 99.3 cm³/mol. The summed E-state index contributed by atoms with van der Waals surface area (Å²) in [7, 11) is 0. The molecule has 1 aliphatic rings. The van der Waals surface area contributed by atoms with Gasteiger partial charge in [0.2, 0.25) is 5.95 Å². The fraction of sp³-hybridized carbons (Fsp3) is 0.211. The lowest BCUT2D eigenvalue weighted by Gasteiger charge is -2.33. The molecule has 2 aromatic heterocycles. The zero-order chi connectivity index (χ0) is 18.8. The quantitative estimate of drug-likeness (QED) is 0.747. The van der Waals surface area contributed by atoms with Crippen LogP contribution in [0.1, 0.15) is 5.69 Å². The molecule has 3 aromatic rings. The molecule has 8 heteroatoms. The lowest BCUT2D eigenvalue weighted by atomic mass is 10.1. The maximum atomic E-state index is 11.1. The van der Waals surface area contributed by atoms with Crippen molar-refractivity contribution in [1.29, 1.82) is 5.26 Å². The topological polar surface area (TPSA) is 106 Å². The number of carboxylic acid groups (broad SMARTS) is 1. The second-order valence-electron chi connectivity index (χ2n) is 6.22. The van der Waals surface area contributed by atoms with Gasteiger partial charge in [0.25, 0.3) is 0 Å². The van der Waals surface area contributed by atoms with Crippen molar-refractivity contribution in [2.45, 2.75) is 0 Å². The summed E-state index contributed by atoms with van der Waals surface area (Å²) in [5.41, 5.74) is 2.58. The largest absolute Gasteiger partial charge is 0.465 e. The molecule has 0 atom stereocenters. The Hall–Kier alpha value is -3.73. The Morgan fingerprint density at radius 1 is 1.11 bits per heavy atom. The molecule has 1 aliphatic heterocycles. The van der Waals surface area contributed by atoms with E-state index in [0.29, 0.717) is 37.8 Å². The summed E-state index contributed by atoms with van der Waals surface area (Å²) in [6, 6.07) is 13.5. The molecule has 1 amide bonds. The molecular formula is C19H16N6O2. The molecule has 1 saturated heterocycles. The van der Waals surface area contributed by atoms with Crippen molar-refractivity contribution in [1.82, 2.24) is 19.9 Å². The number of anilines is 1. The summed E-state index contributed by atoms with van der Waals surface area (Å²) in [6.07, 6.45) is 0.807. The fourth-order valence-electron chi connectivity index (χ4n) is 3.09. The summed E-state index contributed by atoms with van der Waals surface area (Å²) in [5.74, 6) is 0.433. The number of nitrogens with zero attached hydrogens (tertiary/aromatic N) is 6. The third-order valence-corrected chi connectivity index (χ3v) is 4.55. The van der Waals surface area contributed by atoms with Crippen LogP contribution in [0.2, 0.25) is 0 Å². The fourth-order valence-corrected chi connectivity index (χ4v) is 3.09. The van der Waals surface area contributed by atoms with Gasteiger partial charge in [-0.3, -0.25) is 4.98 Å². The first-order chi connectivity index (χ1) is 13.1. The number of pyridine rings is 1. The minimum absolute atomic E-state index is 0.267. The van der Waals surface area contributed by atoms with Crippen LogP contribution in [0.15, 0.2) is 42.6 Å². The van der Waals surface area contributed by atoms with Gasteiger partial charge in [0.15, 0.2) is 0 Å². The number of fused-ring (bicyclic) bond motifs is 1. The first-order valence-corrected chi connectivity index (χ1v) is 8.51. The molecule has 1 aromatic carbocycles. The maximum absolute atomic E-state index is 11.1. The van der Waals surface area contributed by atoms with Gasteiger partial charge in [-0.05, 0) is 12.1 Å². The van der Waals surface area contributed by atoms with Crippen molar-refractivity contribution in [3.05, 3.63) is 48.3 Å². The molecule has 0 radical (unpaired) electrons. The molecule has 0 bridgehead atoms. The van der Waals surface area contributed by atoms with Crippen molar-refractivity contribution < 1.29 is 9.90 Å². The van der Waals surface area contributed by atoms with Crippen LogP contribution in [-0.2, 0) is 0 Å². The third-order valence-electron chi connectivity index (χ3n) is 4.55. The SMILES string of the molecule is N#Cc1cc(-c2cnc3ccccc3c2)nc(N2CCN(C(=O)O)CC2)n1. The Labute approximate surface area is 155 Å². The number of para-hydroxylation sites is 1. The van der Waals surface area contributed by atoms with Crippen molar-refractivity contribution >= 4 is 22.9 Å². The van der Waals surface area contributed by atoms with Gasteiger partial charge >= 0.3 is 6.09 Å². The number of nitriles is 1. The molecule has 134 valence electrons. The summed E-state index contributed by atoms with van der Waals surface area (Å²) in [4.78, 5) is 27.7. The molecule has 0 spiro atoms. The van der Waals surface area contributed by atoms with E-state index < -0.39 is 6.09 Å². The second-order valence-corrected chi connectivity index (χ2v) is 6.22. The van der Waals surface area contributed by atoms with Crippen LogP contribution in [0.4, 0.5) is 10.7 Å². The minimum atomic E-state index is -0.927. The molecule has 0 saturated carbocycles. The highest BCUT2D eigenvalue weighted by molar-refractivity contribution is 5.83. The van der Waals surface area contributed by atoms with E-state index in [1.807, 2.05) is 35.2 Å². The van der Waals surface area contributed by atoms with E-state index in [2.05, 4.69) is 21.0 Å². The number of aromatic nitrogens is 3. The van der Waals surface area contributed by atoms with Gasteiger partial charge in [-0.25, -0.2) is 14.8 Å². The van der Waals surface area contributed by atoms with Crippen LogP contribution in [0, 0.1) is 11.3 Å². The molecule has 0 unspecified atom stereocenters. The Balaban J connectivity index is 1.68. The molecular weight excluding hydrogens is 344 g/mol. The predicted octanol–water partition coefficient (Wildman–Crippen LogP) is 2.36. The molecule has 8 nitrogen and oxygen atoms in total. The molecule has 1 fully saturated rings. The zero-order valence-corrected chi connectivity index (χ0v) is 14.4. The van der Waals surface area contributed by atoms with Crippen LogP contribution < -0.4 is 4.90 Å². The molecule has 0 aliphatic carbocycles. The first-order valence-electron chi connectivity index (χ1n) is 8.51. The monoisotopic (exact) mass is 360 g/mol. The summed E-state index contributed by atoms with van der Waals surface area (Å²) in [6.45, 7) is 1.72. The van der Waals surface area contributed by atoms with E-state index >= 15 is 0 Å². The Morgan fingerprint density at radius 3 is 2.63 bits per heavy atom. The maximum Gasteiger partial charge on any atom is 0.407 e. The Bertz CT molecular complexity index is 1050. The van der Waals surface area contributed by atoms with Crippen LogP contribution in [0.5, 0.6) is 0 Å². The number of piperazine rings is 1. The van der Waals surface area contributed by atoms with Crippen molar-refractivity contribution in [3.63, 3.8) is 0 Å². The smallest absolute Gasteiger partial charge is 0.407 e. The van der Waals surface area contributed by atoms with Crippen LogP contribution in [0.3, 0.4) is 0 Å². The minimum Gasteiger partial charge on any atom is -0.465 e. The molecule has 4 rings (SSSR count). The number of benzene rings is 1. The van der Waals surface area contributed by atoms with Crippen LogP contribution >= 0.6 is 0 Å². The number of carbonyl (C=O) groups is 1. The summed E-state index contributed by atoms with van der Waals surface area (Å²) >= 11 is 0. The standard InChI is InChI=1S/C19H16N6O2/c20-11-15-10-17(14-9-13-3-1-2-4-16(13)21-12-14)23-18(22-15)24-5-7-25(8-6-24)19(26)27/h1-4,9-10,12H,5-8H2,(H,26,27). The molecule has 3 heterocycles. The average molecular weight is 360 g/mol. The lowest BCUT2D eigenvalue weighted by molar-refractivity contribution is 0.142. The van der Waals surface area contributed by atoms with Gasteiger partial charge in [-0.1, -0.05) is 18.2 Å². The molecule has 27 heavy (non-hydrogen) atoms. The van der Waals surface area contributed by atoms with E-state index in [1.165, 1.54) is 4.90 Å². The number of rotatable bonds is 2. The van der Waals surface area contributed by atoms with Gasteiger partial charge in [-0.15, -0.1) is 0 Å². The number of hydrogen-bond donors (Lipinski definition) is 1. The van der Waals surface area contributed by atoms with Gasteiger partial charge < -0.3 is 14.9 Å². The van der Waals surface area contributed by atoms with E-state index in [-0.39, 0.29) is 5.69 Å². The van der Waals surface area contributed by atoms with Crippen molar-refractivity contribution in [3.8, 4) is 17.3 Å². The molecule has 1 N–H and O–H groups in total. The van der Waals surface area contributed by atoms with Crippen molar-refractivity contribution in [2.24, 2.45) is 0 Å². The van der Waals surface area contributed by atoms with E-state index in [1.54, 1.807) is 12.3 Å². The van der Waals surface area contributed by atoms with E-state index in [0.717, 1.165) is 16.5 Å². The second kappa shape index (κ2) is 6.88. The van der Waals surface area contributed by atoms with Gasteiger partial charge in [0.05, 0.1) is 11.2 Å². The third kappa shape index (κ3) is 3.35. The first kappa shape index (κ1) is 16.7. The summed E-state index contributed by atoms with van der Waals surface area (Å²) in [5, 5.41) is 19.4. The van der Waals surface area contributed by atoms with E-state index in [9.17, 15) is 10.1 Å². The zero-order valence-electron chi connectivity index (χ0n) is 14.4. The van der Waals surface area contributed by atoms with Gasteiger partial charge in [0, 0.05) is 49.4 Å². The number of amides is 1. The highest BCUT2D eigenvalue weighted by Gasteiger charge is 2.23.